The Morgan fingerprint density at radius 2 is 1.97 bits per heavy atom. The van der Waals surface area contributed by atoms with Crippen molar-refractivity contribution in [3.63, 3.8) is 0 Å². The smallest absolute Gasteiger partial charge is 0.414 e. The lowest BCUT2D eigenvalue weighted by Crippen LogP contribution is -2.38. The number of ether oxygens (including phenoxy) is 1. The summed E-state index contributed by atoms with van der Waals surface area (Å²) in [5, 5.41) is 9.07. The zero-order chi connectivity index (χ0) is 27.2. The second-order valence-corrected chi connectivity index (χ2v) is 9.54. The molecule has 2 heterocycles. The lowest BCUT2D eigenvalue weighted by atomic mass is 10.0. The Labute approximate surface area is 222 Å². The van der Waals surface area contributed by atoms with Crippen LogP contribution in [0.4, 0.5) is 20.0 Å². The zero-order valence-corrected chi connectivity index (χ0v) is 21.7. The minimum Gasteiger partial charge on any atom is -0.442 e. The number of aromatic nitrogens is 2. The van der Waals surface area contributed by atoms with Gasteiger partial charge in [0.15, 0.2) is 5.82 Å². The summed E-state index contributed by atoms with van der Waals surface area (Å²) in [5.41, 5.74) is 7.95. The first-order chi connectivity index (χ1) is 18.2. The highest BCUT2D eigenvalue weighted by molar-refractivity contribution is 7.09. The van der Waals surface area contributed by atoms with E-state index in [0.717, 1.165) is 5.56 Å². The number of anilines is 2. The number of hydrogen-bond acceptors (Lipinski definition) is 9. The highest BCUT2D eigenvalue weighted by atomic mass is 32.1. The number of nitrogens with one attached hydrogen (secondary N) is 3. The van der Waals surface area contributed by atoms with E-state index in [1.165, 1.54) is 29.4 Å². The molecule has 0 bridgehead atoms. The number of cyclic esters (lactones) is 1. The highest BCUT2D eigenvalue weighted by Gasteiger charge is 2.32. The van der Waals surface area contributed by atoms with Crippen LogP contribution in [0, 0.1) is 5.82 Å². The fourth-order valence-electron chi connectivity index (χ4n) is 3.71. The van der Waals surface area contributed by atoms with Gasteiger partial charge < -0.3 is 26.4 Å². The normalized spacial score (nSPS) is 15.6. The Hall–Kier alpha value is -4.10. The summed E-state index contributed by atoms with van der Waals surface area (Å²) in [6.07, 6.45) is -1.08. The van der Waals surface area contributed by atoms with Crippen molar-refractivity contribution in [1.29, 1.82) is 0 Å². The van der Waals surface area contributed by atoms with E-state index in [9.17, 15) is 14.4 Å². The van der Waals surface area contributed by atoms with Crippen molar-refractivity contribution in [2.75, 3.05) is 23.3 Å². The van der Waals surface area contributed by atoms with Crippen LogP contribution in [0.15, 0.2) is 42.5 Å². The first-order valence-corrected chi connectivity index (χ1v) is 12.7. The molecule has 1 aliphatic heterocycles. The van der Waals surface area contributed by atoms with Crippen LogP contribution in [0.5, 0.6) is 0 Å². The van der Waals surface area contributed by atoms with E-state index in [4.69, 9.17) is 10.5 Å². The molecular formula is C25H28FN7O4S. The summed E-state index contributed by atoms with van der Waals surface area (Å²) < 4.78 is 24.5. The number of carbonyl (C=O) groups is 3. The third-order valence-electron chi connectivity index (χ3n) is 5.73. The molecule has 0 spiro atoms. The number of halogens is 1. The maximum Gasteiger partial charge on any atom is 0.414 e. The molecular weight excluding hydrogens is 513 g/mol. The summed E-state index contributed by atoms with van der Waals surface area (Å²) in [5.74, 6) is -0.465. The summed E-state index contributed by atoms with van der Waals surface area (Å²) in [4.78, 5) is 40.6. The van der Waals surface area contributed by atoms with Gasteiger partial charge >= 0.3 is 6.09 Å². The molecule has 200 valence electrons. The molecule has 2 atom stereocenters. The molecule has 4 rings (SSSR count). The molecule has 3 aromatic rings. The Morgan fingerprint density at radius 3 is 2.66 bits per heavy atom. The molecule has 13 heteroatoms. The Balaban J connectivity index is 1.33. The second-order valence-electron chi connectivity index (χ2n) is 8.79. The monoisotopic (exact) mass is 541 g/mol. The van der Waals surface area contributed by atoms with Crippen LogP contribution in [0.25, 0.3) is 11.1 Å². The van der Waals surface area contributed by atoms with E-state index in [1.54, 1.807) is 19.1 Å². The van der Waals surface area contributed by atoms with Gasteiger partial charge in [-0.15, -0.1) is 0 Å². The van der Waals surface area contributed by atoms with Gasteiger partial charge in [-0.1, -0.05) is 24.3 Å². The van der Waals surface area contributed by atoms with E-state index in [-0.39, 0.29) is 31.4 Å². The number of nitrogens with zero attached hydrogens (tertiary/aromatic N) is 3. The van der Waals surface area contributed by atoms with Gasteiger partial charge in [0.1, 0.15) is 11.9 Å². The van der Waals surface area contributed by atoms with Crippen LogP contribution < -0.4 is 26.6 Å². The first-order valence-electron chi connectivity index (χ1n) is 11.9. The molecule has 38 heavy (non-hydrogen) atoms. The van der Waals surface area contributed by atoms with Crippen LogP contribution in [0.3, 0.4) is 0 Å². The van der Waals surface area contributed by atoms with E-state index >= 15 is 4.39 Å². The number of hydrogen-bond donors (Lipinski definition) is 4. The fourth-order valence-corrected chi connectivity index (χ4v) is 4.29. The molecule has 1 aliphatic rings. The molecule has 5 N–H and O–H groups in total. The lowest BCUT2D eigenvalue weighted by molar-refractivity contribution is -0.122. The largest absolute Gasteiger partial charge is 0.442 e. The molecule has 0 saturated carbocycles. The standard InChI is InChI=1S/C25H28FN7O4S/c1-14(27)23(35)29-12-22-31-24(38-32-22)30-10-16-3-5-17(6-4-16)20-8-7-18(9-21(20)26)33-13-19(37-25(33)36)11-28-15(2)34/h3-9,14,19H,10-13,27H2,1-2H3,(H,28,34)(H,29,35)(H,30,31,32). The Morgan fingerprint density at radius 1 is 1.21 bits per heavy atom. The van der Waals surface area contributed by atoms with Gasteiger partial charge in [0.25, 0.3) is 0 Å². The summed E-state index contributed by atoms with van der Waals surface area (Å²) in [6, 6.07) is 11.4. The average molecular weight is 542 g/mol. The third kappa shape index (κ3) is 6.81. The molecule has 3 amide bonds. The number of carbonyl (C=O) groups excluding carboxylic acids is 3. The molecule has 11 nitrogen and oxygen atoms in total. The Kier molecular flexibility index (Phi) is 8.48. The van der Waals surface area contributed by atoms with E-state index < -0.39 is 24.1 Å². The van der Waals surface area contributed by atoms with E-state index in [2.05, 4.69) is 25.3 Å². The number of nitrogens with two attached hydrogens (primary N) is 1. The molecule has 0 aliphatic carbocycles. The third-order valence-corrected chi connectivity index (χ3v) is 6.44. The molecule has 0 radical (unpaired) electrons. The highest BCUT2D eigenvalue weighted by Crippen LogP contribution is 2.29. The first kappa shape index (κ1) is 26.9. The van der Waals surface area contributed by atoms with Crippen LogP contribution in [0.1, 0.15) is 25.2 Å². The number of rotatable bonds is 10. The van der Waals surface area contributed by atoms with Crippen molar-refractivity contribution in [2.24, 2.45) is 5.73 Å². The van der Waals surface area contributed by atoms with Crippen molar-refractivity contribution in [1.82, 2.24) is 20.0 Å². The summed E-state index contributed by atoms with van der Waals surface area (Å²) in [7, 11) is 0. The van der Waals surface area contributed by atoms with Crippen LogP contribution >= 0.6 is 11.5 Å². The number of amides is 3. The predicted octanol–water partition coefficient (Wildman–Crippen LogP) is 2.38. The SMILES string of the molecule is CC(=O)NCC1CN(c2ccc(-c3ccc(CNc4nc(CNC(=O)C(C)N)ns4)cc3)c(F)c2)C(=O)O1. The van der Waals surface area contributed by atoms with E-state index in [1.807, 2.05) is 24.3 Å². The molecule has 1 aromatic heterocycles. The summed E-state index contributed by atoms with van der Waals surface area (Å²) >= 11 is 1.19. The van der Waals surface area contributed by atoms with Gasteiger partial charge in [0.2, 0.25) is 16.9 Å². The van der Waals surface area contributed by atoms with Gasteiger partial charge in [-0.3, -0.25) is 14.5 Å². The van der Waals surface area contributed by atoms with Crippen molar-refractivity contribution >= 4 is 40.3 Å². The molecule has 2 aromatic carbocycles. The maximum atomic E-state index is 15.0. The Bertz CT molecular complexity index is 1320. The summed E-state index contributed by atoms with van der Waals surface area (Å²) in [6.45, 7) is 4.09. The quantitative estimate of drug-likeness (QED) is 0.305. The maximum absolute atomic E-state index is 15.0. The van der Waals surface area contributed by atoms with Gasteiger partial charge in [-0.05, 0) is 36.2 Å². The van der Waals surface area contributed by atoms with Crippen LogP contribution in [-0.2, 0) is 27.4 Å². The van der Waals surface area contributed by atoms with Crippen molar-refractivity contribution in [3.05, 3.63) is 59.7 Å². The minimum absolute atomic E-state index is 0.200. The molecule has 2 unspecified atom stereocenters. The predicted molar refractivity (Wildman–Crippen MR) is 141 cm³/mol. The molecule has 1 fully saturated rings. The van der Waals surface area contributed by atoms with Crippen LogP contribution in [-0.4, -0.2) is 52.5 Å². The van der Waals surface area contributed by atoms with Crippen molar-refractivity contribution in [2.45, 2.75) is 39.1 Å². The van der Waals surface area contributed by atoms with Gasteiger partial charge in [0.05, 0.1) is 31.4 Å². The van der Waals surface area contributed by atoms with Gasteiger partial charge in [0, 0.05) is 30.6 Å². The van der Waals surface area contributed by atoms with E-state index in [0.29, 0.717) is 34.3 Å². The number of benzene rings is 2. The zero-order valence-electron chi connectivity index (χ0n) is 20.9. The fraction of sp³-hybridized carbons (Fsp3) is 0.320. The van der Waals surface area contributed by atoms with Crippen LogP contribution in [0.2, 0.25) is 0 Å². The molecule has 1 saturated heterocycles. The van der Waals surface area contributed by atoms with Crippen molar-refractivity contribution < 1.29 is 23.5 Å². The average Bonchev–Trinajstić information content (AvgIpc) is 3.51. The second kappa shape index (κ2) is 12.0. The van der Waals surface area contributed by atoms with Gasteiger partial charge in [-0.25, -0.2) is 14.2 Å². The van der Waals surface area contributed by atoms with Crippen molar-refractivity contribution in [3.8, 4) is 11.1 Å². The topological polar surface area (TPSA) is 152 Å². The van der Waals surface area contributed by atoms with Gasteiger partial charge in [-0.2, -0.15) is 4.37 Å². The lowest BCUT2D eigenvalue weighted by Gasteiger charge is -2.15. The minimum atomic E-state index is -0.598.